The highest BCUT2D eigenvalue weighted by molar-refractivity contribution is 4.93. The fourth-order valence-corrected chi connectivity index (χ4v) is 1.18. The minimum Gasteiger partial charge on any atom is -0.396 e. The summed E-state index contributed by atoms with van der Waals surface area (Å²) in [5.41, 5.74) is 0. The van der Waals surface area contributed by atoms with E-state index in [-0.39, 0.29) is 6.61 Å². The Morgan fingerprint density at radius 2 is 2.22 bits per heavy atom. The SMILES string of the molecule is C[C@@H]1C[C@@H](CO)C1(F)F. The van der Waals surface area contributed by atoms with Crippen LogP contribution < -0.4 is 0 Å². The molecule has 1 saturated carbocycles. The number of alkyl halides is 2. The molecule has 0 bridgehead atoms. The summed E-state index contributed by atoms with van der Waals surface area (Å²) in [4.78, 5) is 0. The van der Waals surface area contributed by atoms with Crippen LogP contribution in [-0.2, 0) is 0 Å². The van der Waals surface area contributed by atoms with Crippen molar-refractivity contribution in [2.75, 3.05) is 6.61 Å². The molecule has 2 atom stereocenters. The Bertz CT molecular complexity index is 114. The van der Waals surface area contributed by atoms with E-state index in [1.165, 1.54) is 6.92 Å². The highest BCUT2D eigenvalue weighted by Gasteiger charge is 2.54. The van der Waals surface area contributed by atoms with E-state index in [2.05, 4.69) is 0 Å². The first-order valence-corrected chi connectivity index (χ1v) is 3.07. The molecule has 54 valence electrons. The zero-order valence-electron chi connectivity index (χ0n) is 5.27. The summed E-state index contributed by atoms with van der Waals surface area (Å²) in [6.45, 7) is 1.13. The summed E-state index contributed by atoms with van der Waals surface area (Å²) in [5.74, 6) is -3.91. The van der Waals surface area contributed by atoms with Crippen molar-refractivity contribution in [3.8, 4) is 0 Å². The second-order valence-corrected chi connectivity index (χ2v) is 2.69. The van der Waals surface area contributed by atoms with Crippen molar-refractivity contribution in [2.24, 2.45) is 11.8 Å². The van der Waals surface area contributed by atoms with Crippen molar-refractivity contribution in [3.63, 3.8) is 0 Å². The lowest BCUT2D eigenvalue weighted by atomic mass is 9.72. The monoisotopic (exact) mass is 136 g/mol. The van der Waals surface area contributed by atoms with Crippen LogP contribution in [0.5, 0.6) is 0 Å². The molecule has 1 rings (SSSR count). The van der Waals surface area contributed by atoms with Gasteiger partial charge < -0.3 is 5.11 Å². The molecule has 0 amide bonds. The van der Waals surface area contributed by atoms with E-state index in [4.69, 9.17) is 5.11 Å². The number of hydrogen-bond donors (Lipinski definition) is 1. The van der Waals surface area contributed by atoms with Crippen LogP contribution in [-0.4, -0.2) is 17.6 Å². The average Bonchev–Trinajstić information content (AvgIpc) is 1.82. The van der Waals surface area contributed by atoms with Crippen molar-refractivity contribution in [1.29, 1.82) is 0 Å². The first-order valence-electron chi connectivity index (χ1n) is 3.07. The minimum absolute atomic E-state index is 0.378. The van der Waals surface area contributed by atoms with E-state index >= 15 is 0 Å². The Morgan fingerprint density at radius 3 is 2.33 bits per heavy atom. The first kappa shape index (κ1) is 6.93. The predicted molar refractivity (Wildman–Crippen MR) is 29.3 cm³/mol. The third-order valence-electron chi connectivity index (χ3n) is 2.06. The van der Waals surface area contributed by atoms with Gasteiger partial charge in [0.1, 0.15) is 0 Å². The standard InChI is InChI=1S/C6H10F2O/c1-4-2-5(3-9)6(4,7)8/h4-5,9H,2-3H2,1H3/t4-,5+/m1/s1. The van der Waals surface area contributed by atoms with E-state index in [1.54, 1.807) is 0 Å². The number of halogens is 2. The van der Waals surface area contributed by atoms with E-state index in [9.17, 15) is 8.78 Å². The molecule has 0 radical (unpaired) electrons. The number of rotatable bonds is 1. The first-order chi connectivity index (χ1) is 4.09. The fourth-order valence-electron chi connectivity index (χ4n) is 1.18. The molecule has 0 aromatic carbocycles. The van der Waals surface area contributed by atoms with Gasteiger partial charge in [0.15, 0.2) is 0 Å². The third kappa shape index (κ3) is 0.834. The molecule has 1 aliphatic rings. The summed E-state index contributed by atoms with van der Waals surface area (Å²) in [5, 5.41) is 8.36. The molecule has 9 heavy (non-hydrogen) atoms. The highest BCUT2D eigenvalue weighted by Crippen LogP contribution is 2.47. The van der Waals surface area contributed by atoms with Crippen LogP contribution in [0.25, 0.3) is 0 Å². The minimum atomic E-state index is -2.60. The van der Waals surface area contributed by atoms with Crippen LogP contribution >= 0.6 is 0 Å². The summed E-state index contributed by atoms with van der Waals surface area (Å²) >= 11 is 0. The molecule has 1 N–H and O–H groups in total. The third-order valence-corrected chi connectivity index (χ3v) is 2.06. The van der Waals surface area contributed by atoms with Gasteiger partial charge in [0.05, 0.1) is 6.61 Å². The predicted octanol–water partition coefficient (Wildman–Crippen LogP) is 1.27. The Balaban J connectivity index is 2.48. The van der Waals surface area contributed by atoms with Crippen LogP contribution in [0.15, 0.2) is 0 Å². The van der Waals surface area contributed by atoms with Crippen LogP contribution in [0, 0.1) is 11.8 Å². The molecule has 0 saturated heterocycles. The van der Waals surface area contributed by atoms with Gasteiger partial charge in [0.2, 0.25) is 0 Å². The summed E-state index contributed by atoms with van der Waals surface area (Å²) in [6.07, 6.45) is 0.462. The van der Waals surface area contributed by atoms with Crippen LogP contribution in [0.3, 0.4) is 0 Å². The highest BCUT2D eigenvalue weighted by atomic mass is 19.3. The normalized spacial score (nSPS) is 40.0. The van der Waals surface area contributed by atoms with Crippen molar-refractivity contribution in [3.05, 3.63) is 0 Å². The Kier molecular flexibility index (Phi) is 1.47. The Labute approximate surface area is 52.7 Å². The molecule has 0 heterocycles. The van der Waals surface area contributed by atoms with Gasteiger partial charge in [-0.3, -0.25) is 0 Å². The van der Waals surface area contributed by atoms with Gasteiger partial charge in [-0.25, -0.2) is 8.78 Å². The number of hydrogen-bond acceptors (Lipinski definition) is 1. The van der Waals surface area contributed by atoms with Crippen LogP contribution in [0.2, 0.25) is 0 Å². The summed E-state index contributed by atoms with van der Waals surface area (Å²) in [7, 11) is 0. The van der Waals surface area contributed by atoms with Gasteiger partial charge in [-0.2, -0.15) is 0 Å². The Morgan fingerprint density at radius 1 is 1.67 bits per heavy atom. The maximum absolute atomic E-state index is 12.4. The summed E-state index contributed by atoms with van der Waals surface area (Å²) in [6, 6.07) is 0. The van der Waals surface area contributed by atoms with Gasteiger partial charge in [-0.15, -0.1) is 0 Å². The topological polar surface area (TPSA) is 20.2 Å². The molecule has 0 aromatic rings. The average molecular weight is 136 g/mol. The van der Waals surface area contributed by atoms with Crippen molar-refractivity contribution < 1.29 is 13.9 Å². The molecule has 0 unspecified atom stereocenters. The molecule has 0 spiro atoms. The van der Waals surface area contributed by atoms with Crippen LogP contribution in [0.1, 0.15) is 13.3 Å². The van der Waals surface area contributed by atoms with E-state index in [0.717, 1.165) is 0 Å². The maximum Gasteiger partial charge on any atom is 0.255 e. The zero-order valence-corrected chi connectivity index (χ0v) is 5.27. The number of aliphatic hydroxyl groups is 1. The van der Waals surface area contributed by atoms with Gasteiger partial charge in [-0.05, 0) is 6.42 Å². The molecule has 0 aliphatic heterocycles. The summed E-state index contributed by atoms with van der Waals surface area (Å²) < 4.78 is 24.9. The van der Waals surface area contributed by atoms with Gasteiger partial charge in [0, 0.05) is 11.8 Å². The second-order valence-electron chi connectivity index (χ2n) is 2.69. The quantitative estimate of drug-likeness (QED) is 0.575. The molecular weight excluding hydrogens is 126 g/mol. The Hall–Kier alpha value is -0.180. The van der Waals surface area contributed by atoms with E-state index < -0.39 is 17.8 Å². The molecule has 1 nitrogen and oxygen atoms in total. The van der Waals surface area contributed by atoms with Gasteiger partial charge >= 0.3 is 0 Å². The fraction of sp³-hybridized carbons (Fsp3) is 1.00. The smallest absolute Gasteiger partial charge is 0.255 e. The van der Waals surface area contributed by atoms with E-state index in [1.807, 2.05) is 0 Å². The lowest BCUT2D eigenvalue weighted by molar-refractivity contribution is -0.192. The molecular formula is C6H10F2O. The molecule has 1 fully saturated rings. The van der Waals surface area contributed by atoms with E-state index in [0.29, 0.717) is 6.42 Å². The zero-order chi connectivity index (χ0) is 7.07. The lowest BCUT2D eigenvalue weighted by Gasteiger charge is -2.41. The molecule has 0 aromatic heterocycles. The molecule has 1 aliphatic carbocycles. The molecule has 3 heteroatoms. The lowest BCUT2D eigenvalue weighted by Crippen LogP contribution is -2.48. The second kappa shape index (κ2) is 1.90. The number of aliphatic hydroxyl groups excluding tert-OH is 1. The van der Waals surface area contributed by atoms with Crippen molar-refractivity contribution in [2.45, 2.75) is 19.3 Å². The van der Waals surface area contributed by atoms with Crippen molar-refractivity contribution in [1.82, 2.24) is 0 Å². The van der Waals surface area contributed by atoms with Crippen molar-refractivity contribution >= 4 is 0 Å². The van der Waals surface area contributed by atoms with Gasteiger partial charge in [-0.1, -0.05) is 6.92 Å². The van der Waals surface area contributed by atoms with Gasteiger partial charge in [0.25, 0.3) is 5.92 Å². The van der Waals surface area contributed by atoms with Crippen LogP contribution in [0.4, 0.5) is 8.78 Å². The largest absolute Gasteiger partial charge is 0.396 e. The maximum atomic E-state index is 12.4.